The fourth-order valence-electron chi connectivity index (χ4n) is 1.16. The molecule has 0 aliphatic heterocycles. The van der Waals surface area contributed by atoms with Crippen molar-refractivity contribution in [1.82, 2.24) is 4.98 Å². The van der Waals surface area contributed by atoms with Crippen LogP contribution in [0, 0.1) is 0 Å². The van der Waals surface area contributed by atoms with Crippen LogP contribution in [0.4, 0.5) is 0 Å². The monoisotopic (exact) mass is 237 g/mol. The van der Waals surface area contributed by atoms with Crippen LogP contribution in [0.5, 0.6) is 0 Å². The van der Waals surface area contributed by atoms with Gasteiger partial charge in [0.05, 0.1) is 5.69 Å². The predicted octanol–water partition coefficient (Wildman–Crippen LogP) is 3.80. The maximum absolute atomic E-state index is 4.27. The van der Waals surface area contributed by atoms with E-state index in [1.807, 2.05) is 36.2 Å². The third-order valence-corrected chi connectivity index (χ3v) is 2.90. The van der Waals surface area contributed by atoms with Crippen molar-refractivity contribution in [2.24, 2.45) is 0 Å². The van der Waals surface area contributed by atoms with Gasteiger partial charge in [-0.2, -0.15) is 0 Å². The highest BCUT2D eigenvalue weighted by atomic mass is 35.5. The van der Waals surface area contributed by atoms with Gasteiger partial charge in [-0.25, -0.2) is 0 Å². The Labute approximate surface area is 100 Å². The highest BCUT2D eigenvalue weighted by Crippen LogP contribution is 2.20. The zero-order valence-corrected chi connectivity index (χ0v) is 9.80. The van der Waals surface area contributed by atoms with E-state index in [0.29, 0.717) is 0 Å². The molecule has 0 fully saturated rings. The molecular formula is C12H12ClNS. The zero-order valence-electron chi connectivity index (χ0n) is 8.17. The number of aromatic nitrogens is 1. The molecule has 0 saturated carbocycles. The van der Waals surface area contributed by atoms with Gasteiger partial charge in [-0.05, 0) is 24.3 Å². The minimum absolute atomic E-state index is 0. The Bertz CT molecular complexity index is 338. The molecule has 78 valence electrons. The number of halogens is 1. The van der Waals surface area contributed by atoms with Crippen molar-refractivity contribution in [3.05, 3.63) is 60.4 Å². The molecule has 3 heteroatoms. The van der Waals surface area contributed by atoms with Crippen molar-refractivity contribution >= 4 is 24.2 Å². The molecule has 2 aromatic rings. The summed E-state index contributed by atoms with van der Waals surface area (Å²) < 4.78 is 0. The standard InChI is InChI=1S/C12H11NS.ClH/c1-2-7-12(8-3-1)14-10-11-6-4-5-9-13-11;/h1-9H,10H2;1H. The first-order chi connectivity index (χ1) is 6.95. The summed E-state index contributed by atoms with van der Waals surface area (Å²) in [5.41, 5.74) is 1.13. The van der Waals surface area contributed by atoms with E-state index in [2.05, 4.69) is 35.3 Å². The van der Waals surface area contributed by atoms with Crippen molar-refractivity contribution in [3.8, 4) is 0 Å². The largest absolute Gasteiger partial charge is 0.260 e. The zero-order chi connectivity index (χ0) is 9.64. The molecule has 0 N–H and O–H groups in total. The van der Waals surface area contributed by atoms with Gasteiger partial charge in [0, 0.05) is 16.8 Å². The van der Waals surface area contributed by atoms with Gasteiger partial charge in [-0.1, -0.05) is 24.3 Å². The Hall–Kier alpha value is -0.990. The van der Waals surface area contributed by atoms with Gasteiger partial charge in [-0.3, -0.25) is 4.98 Å². The van der Waals surface area contributed by atoms with E-state index in [4.69, 9.17) is 0 Å². The van der Waals surface area contributed by atoms with Gasteiger partial charge < -0.3 is 0 Å². The average Bonchev–Trinajstić information content (AvgIpc) is 2.29. The van der Waals surface area contributed by atoms with E-state index in [9.17, 15) is 0 Å². The highest BCUT2D eigenvalue weighted by molar-refractivity contribution is 7.98. The summed E-state index contributed by atoms with van der Waals surface area (Å²) in [6.45, 7) is 0. The molecule has 1 nitrogen and oxygen atoms in total. The molecule has 0 bridgehead atoms. The van der Waals surface area contributed by atoms with Crippen molar-refractivity contribution < 1.29 is 0 Å². The molecule has 0 aliphatic rings. The van der Waals surface area contributed by atoms with Gasteiger partial charge in [0.15, 0.2) is 0 Å². The van der Waals surface area contributed by atoms with Gasteiger partial charge >= 0.3 is 0 Å². The number of thioether (sulfide) groups is 1. The lowest BCUT2D eigenvalue weighted by Crippen LogP contribution is -1.83. The Morgan fingerprint density at radius 1 is 0.933 bits per heavy atom. The van der Waals surface area contributed by atoms with E-state index in [-0.39, 0.29) is 12.4 Å². The number of benzene rings is 1. The molecule has 0 aliphatic carbocycles. The fraction of sp³-hybridized carbons (Fsp3) is 0.0833. The van der Waals surface area contributed by atoms with Crippen molar-refractivity contribution in [2.75, 3.05) is 0 Å². The normalized spacial score (nSPS) is 9.33. The summed E-state index contributed by atoms with van der Waals surface area (Å²) in [6.07, 6.45) is 1.83. The van der Waals surface area contributed by atoms with Crippen LogP contribution < -0.4 is 0 Å². The van der Waals surface area contributed by atoms with Crippen LogP contribution in [0.1, 0.15) is 5.69 Å². The van der Waals surface area contributed by atoms with Gasteiger partial charge in [0.2, 0.25) is 0 Å². The number of nitrogens with zero attached hydrogens (tertiary/aromatic N) is 1. The number of pyridine rings is 1. The first-order valence-corrected chi connectivity index (χ1v) is 5.51. The molecule has 0 radical (unpaired) electrons. The average molecular weight is 238 g/mol. The summed E-state index contributed by atoms with van der Waals surface area (Å²) >= 11 is 1.81. The smallest absolute Gasteiger partial charge is 0.0506 e. The van der Waals surface area contributed by atoms with Crippen LogP contribution in [0.2, 0.25) is 0 Å². The van der Waals surface area contributed by atoms with E-state index < -0.39 is 0 Å². The summed E-state index contributed by atoms with van der Waals surface area (Å²) in [5, 5.41) is 0. The highest BCUT2D eigenvalue weighted by Gasteiger charge is 1.94. The molecule has 0 saturated heterocycles. The third-order valence-electron chi connectivity index (χ3n) is 1.86. The second-order valence-corrected chi connectivity index (χ2v) is 3.97. The minimum atomic E-state index is 0. The molecule has 0 amide bonds. The molecule has 1 aromatic carbocycles. The quantitative estimate of drug-likeness (QED) is 0.754. The summed E-state index contributed by atoms with van der Waals surface area (Å²) in [5.74, 6) is 0.935. The van der Waals surface area contributed by atoms with Crippen molar-refractivity contribution in [3.63, 3.8) is 0 Å². The molecule has 0 spiro atoms. The molecule has 1 aromatic heterocycles. The number of hydrogen-bond acceptors (Lipinski definition) is 2. The minimum Gasteiger partial charge on any atom is -0.260 e. The molecule has 0 atom stereocenters. The van der Waals surface area contributed by atoms with Crippen LogP contribution in [0.3, 0.4) is 0 Å². The van der Waals surface area contributed by atoms with E-state index >= 15 is 0 Å². The number of rotatable bonds is 3. The molecule has 15 heavy (non-hydrogen) atoms. The van der Waals surface area contributed by atoms with E-state index in [0.717, 1.165) is 11.4 Å². The van der Waals surface area contributed by atoms with Gasteiger partial charge in [0.25, 0.3) is 0 Å². The van der Waals surface area contributed by atoms with Crippen molar-refractivity contribution in [2.45, 2.75) is 10.6 Å². The fourth-order valence-corrected chi connectivity index (χ4v) is 1.99. The molecule has 0 unspecified atom stereocenters. The van der Waals surface area contributed by atoms with Crippen LogP contribution in [0.25, 0.3) is 0 Å². The Morgan fingerprint density at radius 3 is 2.33 bits per heavy atom. The third kappa shape index (κ3) is 3.94. The van der Waals surface area contributed by atoms with E-state index in [1.54, 1.807) is 0 Å². The Balaban J connectivity index is 0.00000112. The topological polar surface area (TPSA) is 12.9 Å². The molecular weight excluding hydrogens is 226 g/mol. The second kappa shape index (κ2) is 6.49. The Kier molecular flexibility index (Phi) is 5.22. The summed E-state index contributed by atoms with van der Waals surface area (Å²) in [4.78, 5) is 5.56. The molecule has 2 rings (SSSR count). The first-order valence-electron chi connectivity index (χ1n) is 4.53. The van der Waals surface area contributed by atoms with Gasteiger partial charge in [-0.15, -0.1) is 24.2 Å². The lowest BCUT2D eigenvalue weighted by molar-refractivity contribution is 1.17. The second-order valence-electron chi connectivity index (χ2n) is 2.92. The first kappa shape index (κ1) is 12.1. The summed E-state index contributed by atoms with van der Waals surface area (Å²) in [6, 6.07) is 16.4. The van der Waals surface area contributed by atoms with Crippen LogP contribution in [-0.4, -0.2) is 4.98 Å². The lowest BCUT2D eigenvalue weighted by atomic mass is 10.4. The maximum atomic E-state index is 4.27. The Morgan fingerprint density at radius 2 is 1.67 bits per heavy atom. The number of hydrogen-bond donors (Lipinski definition) is 0. The lowest BCUT2D eigenvalue weighted by Gasteiger charge is -1.99. The predicted molar refractivity (Wildman–Crippen MR) is 67.5 cm³/mol. The van der Waals surface area contributed by atoms with E-state index in [1.165, 1.54) is 4.90 Å². The van der Waals surface area contributed by atoms with Crippen LogP contribution in [-0.2, 0) is 5.75 Å². The SMILES string of the molecule is Cl.c1ccc(SCc2ccccn2)cc1. The summed E-state index contributed by atoms with van der Waals surface area (Å²) in [7, 11) is 0. The van der Waals surface area contributed by atoms with Crippen molar-refractivity contribution in [1.29, 1.82) is 0 Å². The van der Waals surface area contributed by atoms with Crippen LogP contribution in [0.15, 0.2) is 59.6 Å². The van der Waals surface area contributed by atoms with Gasteiger partial charge in [0.1, 0.15) is 0 Å². The van der Waals surface area contributed by atoms with Crippen LogP contribution >= 0.6 is 24.2 Å². The maximum Gasteiger partial charge on any atom is 0.0506 e. The molecule has 1 heterocycles.